The molecule has 0 aliphatic carbocycles. The first-order valence-electron chi connectivity index (χ1n) is 5.41. The average molecular weight is 288 g/mol. The molecule has 0 unspecified atom stereocenters. The SMILES string of the molecule is C#CCSc1nc2scc(-c3ccco3)c2c(=O)[nH]1. The van der Waals surface area contributed by atoms with E-state index >= 15 is 0 Å². The molecule has 0 atom stereocenters. The van der Waals surface area contributed by atoms with Crippen LogP contribution < -0.4 is 5.56 Å². The van der Waals surface area contributed by atoms with E-state index in [-0.39, 0.29) is 5.56 Å². The number of H-pyrrole nitrogens is 1. The number of furan rings is 1. The standard InChI is InChI=1S/C13H8N2O2S2/c1-2-6-18-13-14-11(16)10-8(7-19-12(10)15-13)9-4-3-5-17-9/h1,3-5,7H,6H2,(H,14,15,16). The number of nitrogens with zero attached hydrogens (tertiary/aromatic N) is 1. The zero-order valence-corrected chi connectivity index (χ0v) is 11.3. The number of hydrogen-bond acceptors (Lipinski definition) is 5. The number of aromatic nitrogens is 2. The Balaban J connectivity index is 2.15. The number of hydrogen-bond donors (Lipinski definition) is 1. The third-order valence-corrected chi connectivity index (χ3v) is 4.15. The van der Waals surface area contributed by atoms with Gasteiger partial charge in [0, 0.05) is 10.9 Å². The van der Waals surface area contributed by atoms with Crippen LogP contribution in [0.5, 0.6) is 0 Å². The Morgan fingerprint density at radius 3 is 3.21 bits per heavy atom. The summed E-state index contributed by atoms with van der Waals surface area (Å²) in [5.74, 6) is 3.65. The molecule has 0 saturated heterocycles. The van der Waals surface area contributed by atoms with E-state index in [2.05, 4.69) is 15.9 Å². The van der Waals surface area contributed by atoms with Gasteiger partial charge in [-0.2, -0.15) is 0 Å². The highest BCUT2D eigenvalue weighted by atomic mass is 32.2. The lowest BCUT2D eigenvalue weighted by atomic mass is 10.2. The Bertz CT molecular complexity index is 809. The molecule has 19 heavy (non-hydrogen) atoms. The molecule has 3 rings (SSSR count). The molecule has 3 heterocycles. The monoisotopic (exact) mass is 288 g/mol. The summed E-state index contributed by atoms with van der Waals surface area (Å²) in [4.78, 5) is 20.0. The first-order chi connectivity index (χ1) is 9.29. The molecule has 0 aliphatic rings. The van der Waals surface area contributed by atoms with Crippen LogP contribution in [0, 0.1) is 12.3 Å². The van der Waals surface area contributed by atoms with Gasteiger partial charge in [0.25, 0.3) is 5.56 Å². The minimum atomic E-state index is -0.169. The van der Waals surface area contributed by atoms with Crippen LogP contribution in [0.2, 0.25) is 0 Å². The van der Waals surface area contributed by atoms with E-state index in [1.165, 1.54) is 23.1 Å². The van der Waals surface area contributed by atoms with Crippen LogP contribution in [0.25, 0.3) is 21.5 Å². The average Bonchev–Trinajstić information content (AvgIpc) is 3.04. The van der Waals surface area contributed by atoms with Gasteiger partial charge in [0.05, 0.1) is 17.4 Å². The van der Waals surface area contributed by atoms with E-state index in [4.69, 9.17) is 10.8 Å². The topological polar surface area (TPSA) is 58.9 Å². The Labute approximate surface area is 116 Å². The molecule has 3 aromatic heterocycles. The molecule has 3 aromatic rings. The van der Waals surface area contributed by atoms with Crippen molar-refractivity contribution in [1.29, 1.82) is 0 Å². The molecule has 0 amide bonds. The van der Waals surface area contributed by atoms with Gasteiger partial charge in [-0.1, -0.05) is 17.7 Å². The second-order valence-electron chi connectivity index (χ2n) is 3.67. The smallest absolute Gasteiger partial charge is 0.261 e. The fraction of sp³-hybridized carbons (Fsp3) is 0.0769. The Morgan fingerprint density at radius 1 is 1.58 bits per heavy atom. The van der Waals surface area contributed by atoms with E-state index < -0.39 is 0 Å². The van der Waals surface area contributed by atoms with Gasteiger partial charge < -0.3 is 9.40 Å². The second kappa shape index (κ2) is 4.96. The first-order valence-corrected chi connectivity index (χ1v) is 7.28. The molecule has 1 N–H and O–H groups in total. The number of fused-ring (bicyclic) bond motifs is 1. The van der Waals surface area contributed by atoms with Crippen molar-refractivity contribution in [2.75, 3.05) is 5.75 Å². The predicted octanol–water partition coefficient (Wildman–Crippen LogP) is 2.97. The Hall–Kier alpha value is -1.97. The third-order valence-electron chi connectivity index (χ3n) is 2.50. The van der Waals surface area contributed by atoms with Crippen molar-refractivity contribution in [3.8, 4) is 23.7 Å². The van der Waals surface area contributed by atoms with Crippen molar-refractivity contribution in [3.05, 3.63) is 34.1 Å². The van der Waals surface area contributed by atoms with Gasteiger partial charge in [-0.15, -0.1) is 17.8 Å². The Kier molecular flexibility index (Phi) is 3.15. The van der Waals surface area contributed by atoms with Crippen molar-refractivity contribution in [1.82, 2.24) is 9.97 Å². The summed E-state index contributed by atoms with van der Waals surface area (Å²) in [7, 11) is 0. The molecule has 94 valence electrons. The van der Waals surface area contributed by atoms with Gasteiger partial charge >= 0.3 is 0 Å². The molecule has 0 spiro atoms. The van der Waals surface area contributed by atoms with Crippen LogP contribution in [0.4, 0.5) is 0 Å². The maximum absolute atomic E-state index is 12.1. The zero-order chi connectivity index (χ0) is 13.2. The van der Waals surface area contributed by atoms with E-state index in [1.54, 1.807) is 12.3 Å². The van der Waals surface area contributed by atoms with E-state index in [9.17, 15) is 4.79 Å². The number of aromatic amines is 1. The van der Waals surface area contributed by atoms with Gasteiger partial charge in [-0.3, -0.25) is 4.79 Å². The highest BCUT2D eigenvalue weighted by Gasteiger charge is 2.14. The summed E-state index contributed by atoms with van der Waals surface area (Å²) in [6.07, 6.45) is 6.78. The molecule has 6 heteroatoms. The number of terminal acetylenes is 1. The maximum atomic E-state index is 12.1. The van der Waals surface area contributed by atoms with Gasteiger partial charge in [-0.25, -0.2) is 4.98 Å². The molecule has 0 aromatic carbocycles. The third kappa shape index (κ3) is 2.18. The quantitative estimate of drug-likeness (QED) is 0.457. The molecular weight excluding hydrogens is 280 g/mol. The maximum Gasteiger partial charge on any atom is 0.261 e. The van der Waals surface area contributed by atoms with Crippen LogP contribution in [0.3, 0.4) is 0 Å². The fourth-order valence-electron chi connectivity index (χ4n) is 1.72. The van der Waals surface area contributed by atoms with E-state index in [1.807, 2.05) is 11.4 Å². The molecule has 0 fully saturated rings. The summed E-state index contributed by atoms with van der Waals surface area (Å²) < 4.78 is 5.33. The largest absolute Gasteiger partial charge is 0.464 e. The summed E-state index contributed by atoms with van der Waals surface area (Å²) in [5.41, 5.74) is 0.601. The van der Waals surface area contributed by atoms with Crippen molar-refractivity contribution >= 4 is 33.3 Å². The van der Waals surface area contributed by atoms with Gasteiger partial charge in [0.15, 0.2) is 5.16 Å². The van der Waals surface area contributed by atoms with Gasteiger partial charge in [0.2, 0.25) is 0 Å². The van der Waals surface area contributed by atoms with Crippen molar-refractivity contribution in [3.63, 3.8) is 0 Å². The number of nitrogens with one attached hydrogen (secondary N) is 1. The lowest BCUT2D eigenvalue weighted by molar-refractivity contribution is 0.583. The normalized spacial score (nSPS) is 10.7. The van der Waals surface area contributed by atoms with Crippen molar-refractivity contribution in [2.24, 2.45) is 0 Å². The summed E-state index contributed by atoms with van der Waals surface area (Å²) >= 11 is 2.75. The van der Waals surface area contributed by atoms with Crippen LogP contribution in [-0.2, 0) is 0 Å². The van der Waals surface area contributed by atoms with Gasteiger partial charge in [0.1, 0.15) is 10.6 Å². The summed E-state index contributed by atoms with van der Waals surface area (Å²) in [6, 6.07) is 3.61. The van der Waals surface area contributed by atoms with Gasteiger partial charge in [-0.05, 0) is 12.1 Å². The molecule has 4 nitrogen and oxygen atoms in total. The minimum absolute atomic E-state index is 0.169. The first kappa shape index (κ1) is 12.1. The lowest BCUT2D eigenvalue weighted by Crippen LogP contribution is -2.08. The molecular formula is C13H8N2O2S2. The van der Waals surface area contributed by atoms with Crippen molar-refractivity contribution < 1.29 is 4.42 Å². The van der Waals surface area contributed by atoms with Crippen molar-refractivity contribution in [2.45, 2.75) is 5.16 Å². The van der Waals surface area contributed by atoms with Crippen LogP contribution in [0.1, 0.15) is 0 Å². The lowest BCUT2D eigenvalue weighted by Gasteiger charge is -1.98. The van der Waals surface area contributed by atoms with Crippen LogP contribution in [-0.4, -0.2) is 15.7 Å². The number of rotatable bonds is 3. The molecule has 0 saturated carbocycles. The van der Waals surface area contributed by atoms with Crippen LogP contribution >= 0.6 is 23.1 Å². The second-order valence-corrected chi connectivity index (χ2v) is 5.49. The highest BCUT2D eigenvalue weighted by molar-refractivity contribution is 7.99. The fourth-order valence-corrected chi connectivity index (χ4v) is 3.25. The van der Waals surface area contributed by atoms with E-state index in [0.717, 1.165) is 5.56 Å². The molecule has 0 radical (unpaired) electrons. The number of thiophene rings is 1. The van der Waals surface area contributed by atoms with Crippen LogP contribution in [0.15, 0.2) is 38.1 Å². The summed E-state index contributed by atoms with van der Waals surface area (Å²) in [5, 5.41) is 2.98. The molecule has 0 bridgehead atoms. The van der Waals surface area contributed by atoms with E-state index in [0.29, 0.717) is 26.9 Å². The highest BCUT2D eigenvalue weighted by Crippen LogP contribution is 2.31. The Morgan fingerprint density at radius 2 is 2.47 bits per heavy atom. The molecule has 0 aliphatic heterocycles. The number of thioether (sulfide) groups is 1. The predicted molar refractivity (Wildman–Crippen MR) is 77.5 cm³/mol. The summed E-state index contributed by atoms with van der Waals surface area (Å²) in [6.45, 7) is 0. The minimum Gasteiger partial charge on any atom is -0.464 e. The zero-order valence-electron chi connectivity index (χ0n) is 9.67.